The number of hydrogen-bond acceptors (Lipinski definition) is 2. The molecule has 0 aromatic heterocycles. The van der Waals surface area contributed by atoms with E-state index in [1.807, 2.05) is 0 Å². The standard InChI is InChI=1S/C13H16Cl2N2O/c1-17-6-5-9(8-17)7-12(18)16-11-4-2-3-10(14)13(11)15/h2-4,9H,5-8H2,1H3,(H,16,18). The zero-order chi connectivity index (χ0) is 13.1. The molecule has 1 heterocycles. The Balaban J connectivity index is 1.93. The highest BCUT2D eigenvalue weighted by Crippen LogP contribution is 2.30. The van der Waals surface area contributed by atoms with Crippen LogP contribution in [0.15, 0.2) is 18.2 Å². The summed E-state index contributed by atoms with van der Waals surface area (Å²) in [5.74, 6) is 0.437. The highest BCUT2D eigenvalue weighted by atomic mass is 35.5. The van der Waals surface area contributed by atoms with Gasteiger partial charge in [-0.05, 0) is 38.1 Å². The van der Waals surface area contributed by atoms with Crippen LogP contribution >= 0.6 is 23.2 Å². The van der Waals surface area contributed by atoms with Crippen molar-refractivity contribution in [2.24, 2.45) is 5.92 Å². The first kappa shape index (κ1) is 13.7. The van der Waals surface area contributed by atoms with Gasteiger partial charge in [-0.2, -0.15) is 0 Å². The van der Waals surface area contributed by atoms with Crippen LogP contribution in [0.4, 0.5) is 5.69 Å². The van der Waals surface area contributed by atoms with E-state index in [0.29, 0.717) is 28.1 Å². The average Bonchev–Trinajstić information content (AvgIpc) is 2.70. The molecule has 1 atom stereocenters. The minimum Gasteiger partial charge on any atom is -0.325 e. The molecule has 1 N–H and O–H groups in total. The minimum atomic E-state index is -0.000494. The van der Waals surface area contributed by atoms with Crippen molar-refractivity contribution >= 4 is 34.8 Å². The number of benzene rings is 1. The molecule has 1 fully saturated rings. The highest BCUT2D eigenvalue weighted by molar-refractivity contribution is 6.43. The van der Waals surface area contributed by atoms with Gasteiger partial charge < -0.3 is 10.2 Å². The van der Waals surface area contributed by atoms with Gasteiger partial charge in [0, 0.05) is 13.0 Å². The van der Waals surface area contributed by atoms with Gasteiger partial charge in [0.2, 0.25) is 5.91 Å². The van der Waals surface area contributed by atoms with E-state index >= 15 is 0 Å². The summed E-state index contributed by atoms with van der Waals surface area (Å²) in [7, 11) is 2.08. The highest BCUT2D eigenvalue weighted by Gasteiger charge is 2.22. The normalized spacial score (nSPS) is 20.1. The van der Waals surface area contributed by atoms with Gasteiger partial charge in [-0.1, -0.05) is 29.3 Å². The number of hydrogen-bond donors (Lipinski definition) is 1. The van der Waals surface area contributed by atoms with Crippen molar-refractivity contribution in [1.82, 2.24) is 4.90 Å². The molecule has 1 aromatic carbocycles. The van der Waals surface area contributed by atoms with Crippen molar-refractivity contribution in [1.29, 1.82) is 0 Å². The van der Waals surface area contributed by atoms with E-state index in [9.17, 15) is 4.79 Å². The fraction of sp³-hybridized carbons (Fsp3) is 0.462. The second-order valence-electron chi connectivity index (χ2n) is 4.77. The summed E-state index contributed by atoms with van der Waals surface area (Å²) < 4.78 is 0. The van der Waals surface area contributed by atoms with Crippen LogP contribution in [0.2, 0.25) is 10.0 Å². The molecule has 1 saturated heterocycles. The summed E-state index contributed by atoms with van der Waals surface area (Å²) in [6.45, 7) is 2.05. The molecule has 0 bridgehead atoms. The van der Waals surface area contributed by atoms with Gasteiger partial charge >= 0.3 is 0 Å². The monoisotopic (exact) mass is 286 g/mol. The maximum atomic E-state index is 11.9. The topological polar surface area (TPSA) is 32.3 Å². The molecule has 2 rings (SSSR count). The molecular weight excluding hydrogens is 271 g/mol. The molecule has 18 heavy (non-hydrogen) atoms. The average molecular weight is 287 g/mol. The van der Waals surface area contributed by atoms with E-state index < -0.39 is 0 Å². The van der Waals surface area contributed by atoms with Crippen molar-refractivity contribution in [2.45, 2.75) is 12.8 Å². The van der Waals surface area contributed by atoms with Gasteiger partial charge in [-0.25, -0.2) is 0 Å². The Kier molecular flexibility index (Phi) is 4.49. The summed E-state index contributed by atoms with van der Waals surface area (Å²) in [5, 5.41) is 3.67. The molecule has 1 aliphatic heterocycles. The van der Waals surface area contributed by atoms with E-state index in [1.54, 1.807) is 18.2 Å². The number of carbonyl (C=O) groups excluding carboxylic acids is 1. The van der Waals surface area contributed by atoms with Crippen molar-refractivity contribution in [3.05, 3.63) is 28.2 Å². The van der Waals surface area contributed by atoms with E-state index in [2.05, 4.69) is 17.3 Å². The lowest BCUT2D eigenvalue weighted by atomic mass is 10.0. The third-order valence-corrected chi connectivity index (χ3v) is 4.01. The van der Waals surface area contributed by atoms with Gasteiger partial charge in [0.25, 0.3) is 0 Å². The number of nitrogens with zero attached hydrogens (tertiary/aromatic N) is 1. The Morgan fingerprint density at radius 3 is 2.94 bits per heavy atom. The third kappa shape index (κ3) is 3.37. The van der Waals surface area contributed by atoms with Crippen molar-refractivity contribution < 1.29 is 4.79 Å². The fourth-order valence-corrected chi connectivity index (χ4v) is 2.60. The summed E-state index contributed by atoms with van der Waals surface area (Å²) in [5.41, 5.74) is 0.584. The van der Waals surface area contributed by atoms with Crippen LogP contribution < -0.4 is 5.32 Å². The molecule has 3 nitrogen and oxygen atoms in total. The van der Waals surface area contributed by atoms with Crippen molar-refractivity contribution in [3.63, 3.8) is 0 Å². The second-order valence-corrected chi connectivity index (χ2v) is 5.56. The summed E-state index contributed by atoms with van der Waals surface area (Å²) in [4.78, 5) is 14.1. The Hall–Kier alpha value is -0.770. The van der Waals surface area contributed by atoms with Crippen LogP contribution in [0, 0.1) is 5.92 Å². The first-order valence-electron chi connectivity index (χ1n) is 5.98. The first-order valence-corrected chi connectivity index (χ1v) is 6.74. The van der Waals surface area contributed by atoms with Gasteiger partial charge in [0.1, 0.15) is 0 Å². The van der Waals surface area contributed by atoms with Crippen LogP contribution in [-0.4, -0.2) is 30.9 Å². The van der Waals surface area contributed by atoms with Crippen molar-refractivity contribution in [3.8, 4) is 0 Å². The van der Waals surface area contributed by atoms with E-state index in [4.69, 9.17) is 23.2 Å². The van der Waals surface area contributed by atoms with Gasteiger partial charge in [0.05, 0.1) is 15.7 Å². The molecule has 1 unspecified atom stereocenters. The third-order valence-electron chi connectivity index (χ3n) is 3.19. The minimum absolute atomic E-state index is 0.000494. The molecule has 0 saturated carbocycles. The lowest BCUT2D eigenvalue weighted by Gasteiger charge is -2.12. The number of carbonyl (C=O) groups is 1. The summed E-state index contributed by atoms with van der Waals surface area (Å²) in [6.07, 6.45) is 1.61. The zero-order valence-electron chi connectivity index (χ0n) is 10.2. The number of anilines is 1. The Morgan fingerprint density at radius 2 is 2.28 bits per heavy atom. The van der Waals surface area contributed by atoms with Crippen LogP contribution in [0.5, 0.6) is 0 Å². The summed E-state index contributed by atoms with van der Waals surface area (Å²) in [6, 6.07) is 5.23. The Bertz CT molecular complexity index is 451. The second kappa shape index (κ2) is 5.91. The molecule has 1 amide bonds. The summed E-state index contributed by atoms with van der Waals surface area (Å²) >= 11 is 11.9. The predicted molar refractivity (Wildman–Crippen MR) is 75.3 cm³/mol. The molecule has 0 aliphatic carbocycles. The number of amides is 1. The lowest BCUT2D eigenvalue weighted by Crippen LogP contribution is -2.19. The SMILES string of the molecule is CN1CCC(CC(=O)Nc2cccc(Cl)c2Cl)C1. The molecule has 1 aromatic rings. The quantitative estimate of drug-likeness (QED) is 0.925. The van der Waals surface area contributed by atoms with Gasteiger partial charge in [-0.3, -0.25) is 4.79 Å². The van der Waals surface area contributed by atoms with E-state index in [1.165, 1.54) is 0 Å². The number of halogens is 2. The first-order chi connectivity index (χ1) is 8.56. The number of nitrogens with one attached hydrogen (secondary N) is 1. The molecular formula is C13H16Cl2N2O. The smallest absolute Gasteiger partial charge is 0.224 e. The van der Waals surface area contributed by atoms with Crippen LogP contribution in [0.25, 0.3) is 0 Å². The Morgan fingerprint density at radius 1 is 1.50 bits per heavy atom. The number of rotatable bonds is 3. The van der Waals surface area contributed by atoms with E-state index in [-0.39, 0.29) is 5.91 Å². The Labute approximate surface area is 117 Å². The zero-order valence-corrected chi connectivity index (χ0v) is 11.8. The molecule has 0 radical (unpaired) electrons. The lowest BCUT2D eigenvalue weighted by molar-refractivity contribution is -0.117. The molecule has 0 spiro atoms. The maximum Gasteiger partial charge on any atom is 0.224 e. The van der Waals surface area contributed by atoms with Gasteiger partial charge in [-0.15, -0.1) is 0 Å². The van der Waals surface area contributed by atoms with E-state index in [0.717, 1.165) is 19.5 Å². The number of likely N-dealkylation sites (tertiary alicyclic amines) is 1. The fourth-order valence-electron chi connectivity index (χ4n) is 2.26. The van der Waals surface area contributed by atoms with Gasteiger partial charge in [0.15, 0.2) is 0 Å². The van der Waals surface area contributed by atoms with Crippen molar-refractivity contribution in [2.75, 3.05) is 25.5 Å². The van der Waals surface area contributed by atoms with Crippen LogP contribution in [0.3, 0.4) is 0 Å². The maximum absolute atomic E-state index is 11.9. The largest absolute Gasteiger partial charge is 0.325 e. The van der Waals surface area contributed by atoms with Crippen LogP contribution in [-0.2, 0) is 4.79 Å². The molecule has 98 valence electrons. The van der Waals surface area contributed by atoms with Crippen LogP contribution in [0.1, 0.15) is 12.8 Å². The molecule has 1 aliphatic rings. The predicted octanol–water partition coefficient (Wildman–Crippen LogP) is 3.27. The molecule has 5 heteroatoms.